The third kappa shape index (κ3) is 1.21. The van der Waals surface area contributed by atoms with Crippen LogP contribution < -0.4 is 4.74 Å². The molecule has 2 unspecified atom stereocenters. The van der Waals surface area contributed by atoms with Crippen molar-refractivity contribution in [1.29, 1.82) is 0 Å². The average molecular weight is 285 g/mol. The molecule has 2 aliphatic heterocycles. The fourth-order valence-corrected chi connectivity index (χ4v) is 5.24. The van der Waals surface area contributed by atoms with Gasteiger partial charge in [0.2, 0.25) is 0 Å². The fraction of sp³-hybridized carbons (Fsp3) is 0.529. The van der Waals surface area contributed by atoms with E-state index in [1.54, 1.807) is 6.07 Å². The molecule has 5 atom stereocenters. The monoisotopic (exact) mass is 285 g/mol. The van der Waals surface area contributed by atoms with Crippen molar-refractivity contribution in [3.8, 4) is 11.5 Å². The zero-order valence-electron chi connectivity index (χ0n) is 12.0. The van der Waals surface area contributed by atoms with Crippen LogP contribution in [-0.4, -0.2) is 47.0 Å². The van der Waals surface area contributed by atoms with Gasteiger partial charge < -0.3 is 19.8 Å². The fourth-order valence-electron chi connectivity index (χ4n) is 5.24. The Hall–Kier alpha value is -1.52. The average Bonchev–Trinajstić information content (AvgIpc) is 2.83. The van der Waals surface area contributed by atoms with E-state index in [2.05, 4.69) is 18.0 Å². The molecule has 2 N–H and O–H groups in total. The van der Waals surface area contributed by atoms with Crippen molar-refractivity contribution >= 4 is 0 Å². The Morgan fingerprint density at radius 3 is 3.05 bits per heavy atom. The maximum absolute atomic E-state index is 10.4. The summed E-state index contributed by atoms with van der Waals surface area (Å²) >= 11 is 0. The first-order valence-corrected chi connectivity index (χ1v) is 7.71. The third-order valence-corrected chi connectivity index (χ3v) is 6.15. The predicted molar refractivity (Wildman–Crippen MR) is 77.6 cm³/mol. The van der Waals surface area contributed by atoms with Gasteiger partial charge >= 0.3 is 0 Å². The summed E-state index contributed by atoms with van der Waals surface area (Å²) in [4.78, 5) is 2.43. The lowest BCUT2D eigenvalue weighted by Gasteiger charge is -2.56. The molecule has 21 heavy (non-hydrogen) atoms. The molecule has 2 heterocycles. The van der Waals surface area contributed by atoms with Crippen LogP contribution in [0.25, 0.3) is 0 Å². The standard InChI is InChI=1S/C17H19NO3/c1-18-7-6-17-10-3-5-13(20)16(17)21-15-12(19)4-2-9(14(15)17)8-11(10)18/h2-5,10-11,13,16,19-20H,6-8H2,1H3/t10?,11-,13+,16+,17?/m1/s1. The van der Waals surface area contributed by atoms with Gasteiger partial charge in [-0.1, -0.05) is 18.2 Å². The van der Waals surface area contributed by atoms with Crippen LogP contribution in [0.4, 0.5) is 0 Å². The smallest absolute Gasteiger partial charge is 0.165 e. The minimum Gasteiger partial charge on any atom is -0.504 e. The lowest BCUT2D eigenvalue weighted by molar-refractivity contribution is -0.0453. The van der Waals surface area contributed by atoms with E-state index in [0.717, 1.165) is 19.4 Å². The van der Waals surface area contributed by atoms with Gasteiger partial charge in [0.05, 0.1) is 0 Å². The van der Waals surface area contributed by atoms with Crippen LogP contribution in [0.1, 0.15) is 17.5 Å². The summed E-state index contributed by atoms with van der Waals surface area (Å²) in [6.07, 6.45) is 5.18. The maximum Gasteiger partial charge on any atom is 0.165 e. The molecule has 1 aromatic carbocycles. The molecule has 5 rings (SSSR count). The van der Waals surface area contributed by atoms with E-state index in [9.17, 15) is 10.2 Å². The van der Waals surface area contributed by atoms with Crippen LogP contribution in [0, 0.1) is 5.92 Å². The van der Waals surface area contributed by atoms with E-state index >= 15 is 0 Å². The van der Waals surface area contributed by atoms with Crippen LogP contribution in [0.3, 0.4) is 0 Å². The highest BCUT2D eigenvalue weighted by atomic mass is 16.5. The molecule has 1 fully saturated rings. The number of aliphatic hydroxyl groups is 1. The summed E-state index contributed by atoms with van der Waals surface area (Å²) in [7, 11) is 2.19. The Balaban J connectivity index is 1.84. The number of likely N-dealkylation sites (tertiary alicyclic amines) is 1. The highest BCUT2D eigenvalue weighted by molar-refractivity contribution is 5.61. The molecule has 4 aliphatic rings. The summed E-state index contributed by atoms with van der Waals surface area (Å²) in [6, 6.07) is 4.23. The van der Waals surface area contributed by atoms with E-state index in [-0.39, 0.29) is 17.3 Å². The Labute approximate surface area is 123 Å². The first-order valence-electron chi connectivity index (χ1n) is 7.71. The van der Waals surface area contributed by atoms with E-state index in [1.807, 2.05) is 12.1 Å². The first kappa shape index (κ1) is 12.1. The van der Waals surface area contributed by atoms with Gasteiger partial charge in [-0.25, -0.2) is 0 Å². The molecular weight excluding hydrogens is 266 g/mol. The minimum absolute atomic E-state index is 0.160. The quantitative estimate of drug-likeness (QED) is 0.703. The zero-order chi connectivity index (χ0) is 14.4. The highest BCUT2D eigenvalue weighted by Gasteiger charge is 2.64. The second kappa shape index (κ2) is 3.62. The number of aliphatic hydroxyl groups excluding tert-OH is 1. The Kier molecular flexibility index (Phi) is 2.08. The largest absolute Gasteiger partial charge is 0.504 e. The third-order valence-electron chi connectivity index (χ3n) is 6.15. The molecule has 4 nitrogen and oxygen atoms in total. The second-order valence-electron chi connectivity index (χ2n) is 6.93. The van der Waals surface area contributed by atoms with E-state index in [4.69, 9.17) is 4.74 Å². The maximum atomic E-state index is 10.4. The number of phenols is 1. The number of benzene rings is 1. The van der Waals surface area contributed by atoms with Gasteiger partial charge in [0.1, 0.15) is 12.2 Å². The number of nitrogens with zero attached hydrogens (tertiary/aromatic N) is 1. The topological polar surface area (TPSA) is 52.9 Å². The minimum atomic E-state index is -0.594. The van der Waals surface area contributed by atoms with Gasteiger partial charge in [-0.15, -0.1) is 0 Å². The molecule has 0 saturated carbocycles. The highest BCUT2D eigenvalue weighted by Crippen LogP contribution is 2.62. The molecule has 2 bridgehead atoms. The van der Waals surface area contributed by atoms with Crippen LogP contribution in [0.5, 0.6) is 11.5 Å². The van der Waals surface area contributed by atoms with E-state index in [0.29, 0.717) is 17.7 Å². The second-order valence-corrected chi connectivity index (χ2v) is 6.93. The number of hydrogen-bond acceptors (Lipinski definition) is 4. The summed E-state index contributed by atoms with van der Waals surface area (Å²) in [5, 5.41) is 20.6. The first-order chi connectivity index (χ1) is 10.1. The molecule has 4 heteroatoms. The summed E-state index contributed by atoms with van der Waals surface area (Å²) < 4.78 is 6.09. The van der Waals surface area contributed by atoms with Crippen LogP contribution in [-0.2, 0) is 11.8 Å². The van der Waals surface area contributed by atoms with Gasteiger partial charge in [0.25, 0.3) is 0 Å². The Bertz CT molecular complexity index is 670. The molecule has 1 aromatic rings. The van der Waals surface area contributed by atoms with Crippen LogP contribution in [0.2, 0.25) is 0 Å². The molecule has 0 radical (unpaired) electrons. The van der Waals surface area contributed by atoms with E-state index in [1.165, 1.54) is 11.1 Å². The number of likely N-dealkylation sites (N-methyl/N-ethyl adjacent to an activating group) is 1. The number of rotatable bonds is 0. The molecule has 1 saturated heterocycles. The van der Waals surface area contributed by atoms with Gasteiger partial charge in [-0.3, -0.25) is 0 Å². The Morgan fingerprint density at radius 1 is 1.33 bits per heavy atom. The number of phenolic OH excluding ortho intramolecular Hbond substituents is 1. The van der Waals surface area contributed by atoms with Crippen molar-refractivity contribution in [3.63, 3.8) is 0 Å². The number of aromatic hydroxyl groups is 1. The predicted octanol–water partition coefficient (Wildman–Crippen LogP) is 1.20. The summed E-state index contributed by atoms with van der Waals surface area (Å²) in [6.45, 7) is 1.01. The van der Waals surface area contributed by atoms with Crippen molar-refractivity contribution in [3.05, 3.63) is 35.4 Å². The molecule has 110 valence electrons. The van der Waals surface area contributed by atoms with E-state index < -0.39 is 6.10 Å². The molecule has 2 aliphatic carbocycles. The lowest BCUT2D eigenvalue weighted by Crippen LogP contribution is -2.64. The van der Waals surface area contributed by atoms with Crippen molar-refractivity contribution < 1.29 is 14.9 Å². The van der Waals surface area contributed by atoms with Gasteiger partial charge in [0, 0.05) is 22.9 Å². The van der Waals surface area contributed by atoms with Gasteiger partial charge in [0.15, 0.2) is 11.5 Å². The molecule has 0 aromatic heterocycles. The van der Waals surface area contributed by atoms with Crippen molar-refractivity contribution in [2.75, 3.05) is 13.6 Å². The molecular formula is C17H19NO3. The lowest BCUT2D eigenvalue weighted by atomic mass is 9.53. The number of ether oxygens (including phenoxy) is 1. The SMILES string of the molecule is CN1CCC23c4c5ccc(O)c4O[C@H]2[C@@H](O)C=CC3[C@H]1C5. The van der Waals surface area contributed by atoms with Gasteiger partial charge in [-0.05, 0) is 38.1 Å². The Morgan fingerprint density at radius 2 is 2.19 bits per heavy atom. The van der Waals surface area contributed by atoms with Crippen LogP contribution in [0.15, 0.2) is 24.3 Å². The normalized spacial score (nSPS) is 42.6. The zero-order valence-corrected chi connectivity index (χ0v) is 12.0. The summed E-state index contributed by atoms with van der Waals surface area (Å²) in [5.74, 6) is 1.19. The molecule has 0 amide bonds. The van der Waals surface area contributed by atoms with Crippen LogP contribution >= 0.6 is 0 Å². The van der Waals surface area contributed by atoms with Crippen molar-refractivity contribution in [1.82, 2.24) is 4.90 Å². The van der Waals surface area contributed by atoms with Gasteiger partial charge in [-0.2, -0.15) is 0 Å². The number of hydrogen-bond donors (Lipinski definition) is 2. The summed E-state index contributed by atoms with van der Waals surface area (Å²) in [5.41, 5.74) is 2.29. The van der Waals surface area contributed by atoms with Crippen molar-refractivity contribution in [2.24, 2.45) is 5.92 Å². The number of piperidine rings is 1. The molecule has 1 spiro atoms. The van der Waals surface area contributed by atoms with Crippen molar-refractivity contribution in [2.45, 2.75) is 36.5 Å².